The van der Waals surface area contributed by atoms with E-state index in [9.17, 15) is 54.3 Å². The zero-order valence-electron chi connectivity index (χ0n) is 29.7. The number of phenolic OH excluding ortho intramolecular Hbond substituents is 1. The van der Waals surface area contributed by atoms with Crippen LogP contribution in [0, 0.1) is 7.14 Å². The number of aliphatic carboxylic acids is 4. The number of hydrogen-bond donors (Lipinski definition) is 7. The highest BCUT2D eigenvalue weighted by atomic mass is 127. The first-order valence-electron chi connectivity index (χ1n) is 17.1. The summed E-state index contributed by atoms with van der Waals surface area (Å²) in [7, 11) is 0. The quantitative estimate of drug-likeness (QED) is 0.113. The maximum absolute atomic E-state index is 14.0. The summed E-state index contributed by atoms with van der Waals surface area (Å²) in [5.74, 6) is -6.49. The molecule has 0 radical (unpaired) electrons. The molecule has 1 fully saturated rings. The average Bonchev–Trinajstić information content (AvgIpc) is 3.10. The molecule has 1 saturated heterocycles. The van der Waals surface area contributed by atoms with Gasteiger partial charge in [-0.2, -0.15) is 0 Å². The van der Waals surface area contributed by atoms with E-state index in [1.54, 1.807) is 69.0 Å². The van der Waals surface area contributed by atoms with Crippen LogP contribution in [-0.4, -0.2) is 171 Å². The number of hydrogen-bond acceptors (Lipinski definition) is 11. The fourth-order valence-corrected chi connectivity index (χ4v) is 7.79. The van der Waals surface area contributed by atoms with Crippen molar-refractivity contribution in [2.24, 2.45) is 0 Å². The lowest BCUT2D eigenvalue weighted by atomic mass is 10.00. The van der Waals surface area contributed by atoms with Gasteiger partial charge in [-0.15, -0.1) is 0 Å². The predicted molar refractivity (Wildman–Crippen MR) is 212 cm³/mol. The van der Waals surface area contributed by atoms with Crippen LogP contribution in [0.15, 0.2) is 42.5 Å². The van der Waals surface area contributed by atoms with Gasteiger partial charge < -0.3 is 36.2 Å². The normalized spacial score (nSPS) is 17.2. The van der Waals surface area contributed by atoms with Gasteiger partial charge in [0.25, 0.3) is 0 Å². The van der Waals surface area contributed by atoms with Crippen molar-refractivity contribution in [3.63, 3.8) is 0 Å². The SMILES string of the molecule is C[C@H](C(=O)NC(CN1CCN(CC(=O)O)CCN(CC(=O)O)CCN(CC(=O)O)CC1)C(=O)N[C@@H](Cc1cc(I)c(O)c(I)c1)C(=O)O)c1ccccc1. The second-order valence-electron chi connectivity index (χ2n) is 13.0. The molecule has 0 spiro atoms. The van der Waals surface area contributed by atoms with Gasteiger partial charge in [0.15, 0.2) is 0 Å². The summed E-state index contributed by atoms with van der Waals surface area (Å²) < 4.78 is 1.01. The van der Waals surface area contributed by atoms with Gasteiger partial charge in [0.1, 0.15) is 17.8 Å². The van der Waals surface area contributed by atoms with E-state index in [1.807, 2.05) is 45.2 Å². The van der Waals surface area contributed by atoms with Crippen LogP contribution in [0.25, 0.3) is 0 Å². The van der Waals surface area contributed by atoms with Crippen LogP contribution in [-0.2, 0) is 35.2 Å². The molecule has 1 unspecified atom stereocenters. The summed E-state index contributed by atoms with van der Waals surface area (Å²) >= 11 is 3.85. The third-order valence-electron chi connectivity index (χ3n) is 8.90. The first kappa shape index (κ1) is 44.8. The number of carbonyl (C=O) groups excluding carboxylic acids is 2. The molecule has 7 N–H and O–H groups in total. The number of nitrogens with one attached hydrogen (secondary N) is 2. The molecule has 0 aliphatic carbocycles. The molecule has 19 heteroatoms. The van der Waals surface area contributed by atoms with Crippen LogP contribution in [0.5, 0.6) is 5.75 Å². The number of amides is 2. The maximum atomic E-state index is 14.0. The van der Waals surface area contributed by atoms with Gasteiger partial charge in [-0.3, -0.25) is 43.6 Å². The van der Waals surface area contributed by atoms with E-state index in [2.05, 4.69) is 10.6 Å². The number of benzene rings is 2. The van der Waals surface area contributed by atoms with Crippen LogP contribution >= 0.6 is 45.2 Å². The minimum Gasteiger partial charge on any atom is -0.506 e. The van der Waals surface area contributed by atoms with Crippen molar-refractivity contribution in [1.29, 1.82) is 0 Å². The number of aromatic hydroxyl groups is 1. The summed E-state index contributed by atoms with van der Waals surface area (Å²) in [6.45, 7) is 2.02. The number of halogens is 2. The van der Waals surface area contributed by atoms with E-state index >= 15 is 0 Å². The second kappa shape index (κ2) is 22.0. The number of carboxylic acids is 4. The first-order valence-corrected chi connectivity index (χ1v) is 19.3. The van der Waals surface area contributed by atoms with Crippen LogP contribution < -0.4 is 10.6 Å². The highest BCUT2D eigenvalue weighted by Gasteiger charge is 2.31. The van der Waals surface area contributed by atoms with Crippen molar-refractivity contribution in [2.45, 2.75) is 31.3 Å². The number of phenols is 1. The van der Waals surface area contributed by atoms with E-state index in [0.29, 0.717) is 18.3 Å². The lowest BCUT2D eigenvalue weighted by molar-refractivity contribution is -0.142. The fourth-order valence-electron chi connectivity index (χ4n) is 5.90. The molecule has 0 aromatic heterocycles. The van der Waals surface area contributed by atoms with E-state index in [4.69, 9.17) is 0 Å². The van der Waals surface area contributed by atoms with E-state index in [-0.39, 0.29) is 90.7 Å². The number of carbonyl (C=O) groups is 6. The fraction of sp³-hybridized carbons (Fsp3) is 0.486. The number of nitrogens with zero attached hydrogens (tertiary/aromatic N) is 4. The van der Waals surface area contributed by atoms with Crippen molar-refractivity contribution in [1.82, 2.24) is 30.2 Å². The lowest BCUT2D eigenvalue weighted by Gasteiger charge is -2.34. The Hall–Kier alpha value is -3.64. The molecule has 3 atom stereocenters. The molecule has 1 heterocycles. The van der Waals surface area contributed by atoms with Crippen LogP contribution in [0.1, 0.15) is 24.0 Å². The van der Waals surface area contributed by atoms with Gasteiger partial charge in [-0.1, -0.05) is 30.3 Å². The Bertz CT molecular complexity index is 1580. The van der Waals surface area contributed by atoms with Gasteiger partial charge in [-0.05, 0) is 75.4 Å². The maximum Gasteiger partial charge on any atom is 0.326 e. The summed E-state index contributed by atoms with van der Waals surface area (Å²) in [6.07, 6.45) is -0.120. The minimum absolute atomic E-state index is 0.0543. The molecule has 2 aromatic rings. The van der Waals surface area contributed by atoms with Crippen molar-refractivity contribution < 1.29 is 54.3 Å². The van der Waals surface area contributed by atoms with Gasteiger partial charge >= 0.3 is 23.9 Å². The molecule has 54 heavy (non-hydrogen) atoms. The Morgan fingerprint density at radius 1 is 0.648 bits per heavy atom. The zero-order valence-corrected chi connectivity index (χ0v) is 34.0. The molecular formula is C35H46I2N6O11. The Morgan fingerprint density at radius 3 is 1.46 bits per heavy atom. The third-order valence-corrected chi connectivity index (χ3v) is 10.5. The highest BCUT2D eigenvalue weighted by Crippen LogP contribution is 2.28. The molecule has 1 aliphatic heterocycles. The lowest BCUT2D eigenvalue weighted by Crippen LogP contribution is -2.58. The van der Waals surface area contributed by atoms with E-state index in [0.717, 1.165) is 0 Å². The number of carboxylic acid groups (broad SMARTS) is 4. The Balaban J connectivity index is 1.93. The Morgan fingerprint density at radius 2 is 1.06 bits per heavy atom. The molecule has 296 valence electrons. The van der Waals surface area contributed by atoms with E-state index < -0.39 is 53.7 Å². The van der Waals surface area contributed by atoms with Crippen molar-refractivity contribution in [2.75, 3.05) is 78.5 Å². The van der Waals surface area contributed by atoms with Crippen LogP contribution in [0.2, 0.25) is 0 Å². The molecule has 3 rings (SSSR count). The van der Waals surface area contributed by atoms with Crippen molar-refractivity contribution in [3.05, 3.63) is 60.7 Å². The summed E-state index contributed by atoms with van der Waals surface area (Å²) in [6, 6.07) is 9.42. The van der Waals surface area contributed by atoms with E-state index in [1.165, 1.54) is 0 Å². The Labute approximate surface area is 339 Å². The largest absolute Gasteiger partial charge is 0.506 e. The van der Waals surface area contributed by atoms with Gasteiger partial charge in [0.05, 0.1) is 32.7 Å². The van der Waals surface area contributed by atoms with Crippen LogP contribution in [0.4, 0.5) is 0 Å². The van der Waals surface area contributed by atoms with Gasteiger partial charge in [0, 0.05) is 65.3 Å². The minimum atomic E-state index is -1.41. The monoisotopic (exact) mass is 980 g/mol. The standard InChI is InChI=1S/C35H46I2N6O11/c1-22(24-5-3-2-4-6-24)33(51)39-28(34(52)38-27(35(53)54)17-23-15-25(36)32(50)26(37)16-23)18-40-7-9-41(19-29(44)45)11-13-43(21-31(48)49)14-12-42(10-8-40)20-30(46)47/h2-6,15-16,22,27-28,50H,7-14,17-21H2,1H3,(H,38,52)(H,39,51)(H,44,45)(H,46,47)(H,48,49)(H,53,54)/t22-,27-,28?/m0/s1. The predicted octanol–water partition coefficient (Wildman–Crippen LogP) is 0.477. The van der Waals surface area contributed by atoms with Crippen molar-refractivity contribution in [3.8, 4) is 5.75 Å². The molecule has 17 nitrogen and oxygen atoms in total. The topological polar surface area (TPSA) is 241 Å². The van der Waals surface area contributed by atoms with Crippen molar-refractivity contribution >= 4 is 80.9 Å². The summed E-state index contributed by atoms with van der Waals surface area (Å²) in [5.41, 5.74) is 1.24. The van der Waals surface area contributed by atoms with Gasteiger partial charge in [-0.25, -0.2) is 4.79 Å². The molecule has 1 aliphatic rings. The number of rotatable bonds is 16. The molecule has 0 saturated carbocycles. The van der Waals surface area contributed by atoms with Crippen LogP contribution in [0.3, 0.4) is 0 Å². The summed E-state index contributed by atoms with van der Waals surface area (Å²) in [5, 5.41) is 54.3. The molecule has 0 bridgehead atoms. The second-order valence-corrected chi connectivity index (χ2v) is 15.3. The zero-order chi connectivity index (χ0) is 39.9. The smallest absolute Gasteiger partial charge is 0.326 e. The third kappa shape index (κ3) is 15.2. The van der Waals surface area contributed by atoms with Gasteiger partial charge in [0.2, 0.25) is 11.8 Å². The first-order chi connectivity index (χ1) is 25.5. The highest BCUT2D eigenvalue weighted by molar-refractivity contribution is 14.1. The Kier molecular flexibility index (Phi) is 18.3. The molecule has 2 amide bonds. The average molecular weight is 981 g/mol. The summed E-state index contributed by atoms with van der Waals surface area (Å²) in [4.78, 5) is 81.8. The molecular weight excluding hydrogens is 934 g/mol. The molecule has 2 aromatic carbocycles.